The Hall–Kier alpha value is -3.76. The smallest absolute Gasteiger partial charge is 0.274 e. The Morgan fingerprint density at radius 2 is 2.06 bits per heavy atom. The Labute approximate surface area is 205 Å². The number of nitrogens with zero attached hydrogens (tertiary/aromatic N) is 3. The van der Waals surface area contributed by atoms with Crippen LogP contribution in [0.4, 0.5) is 8.78 Å². The van der Waals surface area contributed by atoms with Gasteiger partial charge in [-0.2, -0.15) is 0 Å². The van der Waals surface area contributed by atoms with Gasteiger partial charge < -0.3 is 24.7 Å². The molecule has 11 heteroatoms. The third kappa shape index (κ3) is 3.48. The molecular formula is C25H26F2N4O5. The van der Waals surface area contributed by atoms with Gasteiger partial charge in [0.2, 0.25) is 5.43 Å². The molecule has 36 heavy (non-hydrogen) atoms. The van der Waals surface area contributed by atoms with Crippen molar-refractivity contribution in [2.45, 2.75) is 57.8 Å². The Kier molecular flexibility index (Phi) is 5.60. The van der Waals surface area contributed by atoms with Crippen molar-refractivity contribution in [3.05, 3.63) is 63.1 Å². The van der Waals surface area contributed by atoms with Crippen LogP contribution < -0.4 is 10.7 Å². The first-order valence-corrected chi connectivity index (χ1v) is 11.8. The maximum absolute atomic E-state index is 14.0. The highest BCUT2D eigenvalue weighted by Gasteiger charge is 2.57. The summed E-state index contributed by atoms with van der Waals surface area (Å²) < 4.78 is 28.6. The molecule has 1 aromatic carbocycles. The predicted octanol–water partition coefficient (Wildman–Crippen LogP) is 2.72. The molecule has 0 aliphatic carbocycles. The largest absolute Gasteiger partial charge is 0.503 e. The number of halogens is 2. The van der Waals surface area contributed by atoms with Crippen molar-refractivity contribution in [2.24, 2.45) is 11.1 Å². The van der Waals surface area contributed by atoms with E-state index < -0.39 is 51.8 Å². The Morgan fingerprint density at radius 3 is 2.72 bits per heavy atom. The van der Waals surface area contributed by atoms with E-state index >= 15 is 0 Å². The third-order valence-corrected chi connectivity index (χ3v) is 7.85. The van der Waals surface area contributed by atoms with Gasteiger partial charge in [-0.15, -0.1) is 0 Å². The number of aromatic nitrogens is 1. The molecule has 2 aromatic rings. The molecule has 1 spiro atoms. The van der Waals surface area contributed by atoms with Crippen molar-refractivity contribution in [2.75, 3.05) is 6.54 Å². The number of carbonyl (C=O) groups excluding carboxylic acids is 2. The van der Waals surface area contributed by atoms with Crippen LogP contribution >= 0.6 is 0 Å². The van der Waals surface area contributed by atoms with E-state index in [1.165, 1.54) is 16.8 Å². The zero-order chi connectivity index (χ0) is 25.9. The van der Waals surface area contributed by atoms with Gasteiger partial charge in [0.15, 0.2) is 17.0 Å². The Bertz CT molecular complexity index is 1370. The summed E-state index contributed by atoms with van der Waals surface area (Å²) in [5, 5.41) is 17.5. The number of aromatic hydroxyl groups is 1. The summed E-state index contributed by atoms with van der Waals surface area (Å²) in [6, 6.07) is 2.25. The number of hydrogen-bond donors (Lipinski definition) is 2. The van der Waals surface area contributed by atoms with Gasteiger partial charge in [0.1, 0.15) is 17.2 Å². The molecule has 1 saturated heterocycles. The molecule has 4 heterocycles. The molecule has 1 unspecified atom stereocenters. The van der Waals surface area contributed by atoms with Crippen LogP contribution in [0.2, 0.25) is 0 Å². The fraction of sp³-hybridized carbons (Fsp3) is 0.440. The average molecular weight is 501 g/mol. The summed E-state index contributed by atoms with van der Waals surface area (Å²) in [6.07, 6.45) is 2.46. The van der Waals surface area contributed by atoms with Gasteiger partial charge in [-0.1, -0.05) is 18.1 Å². The van der Waals surface area contributed by atoms with Crippen molar-refractivity contribution in [3.63, 3.8) is 0 Å². The highest BCUT2D eigenvalue weighted by molar-refractivity contribution is 5.99. The third-order valence-electron chi connectivity index (χ3n) is 7.85. The van der Waals surface area contributed by atoms with Crippen LogP contribution in [0.15, 0.2) is 34.3 Å². The van der Waals surface area contributed by atoms with E-state index in [1.807, 2.05) is 20.8 Å². The molecule has 3 aliphatic heterocycles. The Morgan fingerprint density at radius 1 is 1.31 bits per heavy atom. The maximum atomic E-state index is 14.0. The minimum atomic E-state index is -1.01. The van der Waals surface area contributed by atoms with E-state index in [9.17, 15) is 28.3 Å². The van der Waals surface area contributed by atoms with E-state index in [2.05, 4.69) is 10.5 Å². The predicted molar refractivity (Wildman–Crippen MR) is 125 cm³/mol. The van der Waals surface area contributed by atoms with Crippen molar-refractivity contribution < 1.29 is 28.3 Å². The molecule has 3 aliphatic rings. The van der Waals surface area contributed by atoms with E-state index in [0.717, 1.165) is 11.8 Å². The monoisotopic (exact) mass is 500 g/mol. The minimum Gasteiger partial charge on any atom is -0.503 e. The number of nitrogens with one attached hydrogen (secondary N) is 1. The van der Waals surface area contributed by atoms with Crippen molar-refractivity contribution in [3.8, 4) is 5.75 Å². The summed E-state index contributed by atoms with van der Waals surface area (Å²) in [6.45, 7) is 5.69. The second kappa shape index (κ2) is 8.42. The molecule has 2 N–H and O–H groups in total. The Balaban J connectivity index is 1.57. The number of rotatable bonds is 3. The first-order chi connectivity index (χ1) is 17.0. The highest BCUT2D eigenvalue weighted by Crippen LogP contribution is 2.48. The number of hydrogen-bond acceptors (Lipinski definition) is 6. The van der Waals surface area contributed by atoms with Crippen LogP contribution in [-0.2, 0) is 11.4 Å². The fourth-order valence-electron chi connectivity index (χ4n) is 5.48. The summed E-state index contributed by atoms with van der Waals surface area (Å²) in [5.74, 6) is -3.92. The molecule has 9 nitrogen and oxygen atoms in total. The van der Waals surface area contributed by atoms with Crippen molar-refractivity contribution >= 4 is 17.5 Å². The summed E-state index contributed by atoms with van der Waals surface area (Å²) in [5.41, 5.74) is -1.65. The van der Waals surface area contributed by atoms with Crippen LogP contribution in [-0.4, -0.2) is 50.3 Å². The lowest BCUT2D eigenvalue weighted by Crippen LogP contribution is -2.54. The van der Waals surface area contributed by atoms with Crippen LogP contribution in [0.5, 0.6) is 5.75 Å². The van der Waals surface area contributed by atoms with Crippen LogP contribution in [0.25, 0.3) is 0 Å². The van der Waals surface area contributed by atoms with Gasteiger partial charge in [-0.25, -0.2) is 8.78 Å². The summed E-state index contributed by atoms with van der Waals surface area (Å²) in [7, 11) is 0. The number of oxime groups is 1. The van der Waals surface area contributed by atoms with Crippen LogP contribution in [0.3, 0.4) is 0 Å². The number of amides is 2. The van der Waals surface area contributed by atoms with Crippen LogP contribution in [0, 0.1) is 17.6 Å². The van der Waals surface area contributed by atoms with Gasteiger partial charge in [-0.3, -0.25) is 14.4 Å². The maximum Gasteiger partial charge on any atom is 0.274 e. The van der Waals surface area contributed by atoms with E-state index in [-0.39, 0.29) is 36.3 Å². The van der Waals surface area contributed by atoms with Crippen molar-refractivity contribution in [1.29, 1.82) is 0 Å². The second-order valence-electron chi connectivity index (χ2n) is 9.76. The molecule has 5 rings (SSSR count). The zero-order valence-corrected chi connectivity index (χ0v) is 20.0. The number of benzene rings is 1. The highest BCUT2D eigenvalue weighted by atomic mass is 19.1. The lowest BCUT2D eigenvalue weighted by Gasteiger charge is -2.43. The molecular weight excluding hydrogens is 474 g/mol. The molecule has 190 valence electrons. The van der Waals surface area contributed by atoms with Crippen molar-refractivity contribution in [1.82, 2.24) is 14.8 Å². The SMILES string of the molecule is CC1=NO[C@@]2(CC[C@H](C)N3C[C@H]2n2cc(C(=O)NCc4ccc(F)cc4F)c(=O)c(O)c2C3=O)C1C. The minimum absolute atomic E-state index is 0.0235. The molecule has 1 fully saturated rings. The molecule has 0 radical (unpaired) electrons. The van der Waals surface area contributed by atoms with Gasteiger partial charge in [0.25, 0.3) is 11.8 Å². The number of carbonyl (C=O) groups is 2. The molecule has 2 amide bonds. The van der Waals surface area contributed by atoms with E-state index in [4.69, 9.17) is 4.84 Å². The van der Waals surface area contributed by atoms with Gasteiger partial charge in [0.05, 0.1) is 11.8 Å². The normalized spacial score (nSPS) is 26.8. The molecule has 0 saturated carbocycles. The molecule has 4 atom stereocenters. The second-order valence-corrected chi connectivity index (χ2v) is 9.76. The number of fused-ring (bicyclic) bond motifs is 5. The topological polar surface area (TPSA) is 113 Å². The van der Waals surface area contributed by atoms with E-state index in [1.54, 1.807) is 4.90 Å². The van der Waals surface area contributed by atoms with Gasteiger partial charge >= 0.3 is 0 Å². The summed E-state index contributed by atoms with van der Waals surface area (Å²) >= 11 is 0. The average Bonchev–Trinajstić information content (AvgIpc) is 3.05. The van der Waals surface area contributed by atoms with Crippen LogP contribution in [0.1, 0.15) is 66.1 Å². The lowest BCUT2D eigenvalue weighted by atomic mass is 9.76. The summed E-state index contributed by atoms with van der Waals surface area (Å²) in [4.78, 5) is 46.9. The zero-order valence-electron chi connectivity index (χ0n) is 20.0. The standard InChI is InChI=1S/C25H26F2N4O5/c1-12-6-7-25(13(2)14(3)29-36-25)19-11-30(12)24(35)20-22(33)21(32)17(10-31(19)20)23(34)28-9-15-4-5-16(26)8-18(15)27/h4-5,8,10,12-13,19,33H,6-7,9,11H2,1-3H3,(H,28,34)/t12-,13?,19+,25-/m0/s1. The number of pyridine rings is 1. The van der Waals surface area contributed by atoms with Gasteiger partial charge in [0, 0.05) is 42.9 Å². The lowest BCUT2D eigenvalue weighted by molar-refractivity contribution is -0.0864. The first kappa shape index (κ1) is 24.0. The fourth-order valence-corrected chi connectivity index (χ4v) is 5.48. The first-order valence-electron chi connectivity index (χ1n) is 11.8. The quantitative estimate of drug-likeness (QED) is 0.673. The van der Waals surface area contributed by atoms with Gasteiger partial charge in [-0.05, 0) is 32.8 Å². The molecule has 2 bridgehead atoms. The molecule has 1 aromatic heterocycles. The van der Waals surface area contributed by atoms with E-state index in [0.29, 0.717) is 18.9 Å².